The highest BCUT2D eigenvalue weighted by Crippen LogP contribution is 2.37. The van der Waals surface area contributed by atoms with E-state index in [1.807, 2.05) is 0 Å². The molecule has 240 valence electrons. The van der Waals surface area contributed by atoms with Crippen LogP contribution in [0.15, 0.2) is 55.0 Å². The van der Waals surface area contributed by atoms with Gasteiger partial charge in [-0.15, -0.1) is 0 Å². The zero-order valence-electron chi connectivity index (χ0n) is 22.4. The van der Waals surface area contributed by atoms with Crippen molar-refractivity contribution in [1.82, 2.24) is 24.9 Å². The van der Waals surface area contributed by atoms with Crippen LogP contribution in [-0.2, 0) is 4.79 Å². The van der Waals surface area contributed by atoms with E-state index in [0.29, 0.717) is 11.2 Å². The molecule has 0 spiro atoms. The molecule has 3 aromatic heterocycles. The van der Waals surface area contributed by atoms with E-state index in [1.54, 1.807) is 6.07 Å². The Labute approximate surface area is 247 Å². The van der Waals surface area contributed by atoms with Crippen molar-refractivity contribution >= 4 is 34.9 Å². The van der Waals surface area contributed by atoms with E-state index in [4.69, 9.17) is 15.0 Å². The second kappa shape index (κ2) is 12.8. The largest absolute Gasteiger partial charge is 0.490 e. The summed E-state index contributed by atoms with van der Waals surface area (Å²) in [5, 5.41) is 25.7. The first-order chi connectivity index (χ1) is 21.0. The van der Waals surface area contributed by atoms with Gasteiger partial charge in [0.25, 0.3) is 0 Å². The Kier molecular flexibility index (Phi) is 9.29. The summed E-state index contributed by atoms with van der Waals surface area (Å²) >= 11 is 0. The van der Waals surface area contributed by atoms with Crippen LogP contribution in [0.4, 0.5) is 57.2 Å². The molecule has 1 amide bonds. The van der Waals surface area contributed by atoms with Gasteiger partial charge in [0.2, 0.25) is 5.95 Å². The summed E-state index contributed by atoms with van der Waals surface area (Å²) < 4.78 is 103. The SMILES string of the molecule is O=C(O)C(F)(F)F.O=C(O)NC1CC(C(F)(F)F)CN(c2ccncc2Nc2ncc3ccc(-c4c(F)cccc4F)nn23)C1. The van der Waals surface area contributed by atoms with Gasteiger partial charge in [0.05, 0.1) is 52.5 Å². The smallest absolute Gasteiger partial charge is 0.475 e. The summed E-state index contributed by atoms with van der Waals surface area (Å²) in [5.41, 5.74) is 0.784. The van der Waals surface area contributed by atoms with Crippen molar-refractivity contribution in [2.45, 2.75) is 24.8 Å². The number of amides is 1. The fraction of sp³-hybridized carbons (Fsp3) is 0.269. The molecule has 0 saturated carbocycles. The van der Waals surface area contributed by atoms with Crippen LogP contribution >= 0.6 is 0 Å². The summed E-state index contributed by atoms with van der Waals surface area (Å²) in [6.45, 7) is -0.397. The number of anilines is 3. The van der Waals surface area contributed by atoms with E-state index < -0.39 is 54.6 Å². The molecule has 4 aromatic rings. The maximum absolute atomic E-state index is 14.3. The van der Waals surface area contributed by atoms with Crippen LogP contribution in [0.5, 0.6) is 0 Å². The van der Waals surface area contributed by atoms with E-state index >= 15 is 0 Å². The van der Waals surface area contributed by atoms with Crippen molar-refractivity contribution in [1.29, 1.82) is 0 Å². The molecule has 0 radical (unpaired) electrons. The third-order valence-corrected chi connectivity index (χ3v) is 6.47. The number of carboxylic acid groups (broad SMARTS) is 2. The Bertz CT molecular complexity index is 1680. The lowest BCUT2D eigenvalue weighted by Gasteiger charge is -2.40. The Morgan fingerprint density at radius 3 is 2.20 bits per heavy atom. The number of hydrogen-bond donors (Lipinski definition) is 4. The monoisotopic (exact) mass is 647 g/mol. The molecule has 5 rings (SSSR count). The van der Waals surface area contributed by atoms with Gasteiger partial charge >= 0.3 is 24.4 Å². The summed E-state index contributed by atoms with van der Waals surface area (Å²) in [6, 6.07) is 7.01. The number of carboxylic acids is 1. The van der Waals surface area contributed by atoms with Crippen LogP contribution in [0.25, 0.3) is 16.8 Å². The lowest BCUT2D eigenvalue weighted by Crippen LogP contribution is -2.53. The number of aliphatic carboxylic acids is 1. The lowest BCUT2D eigenvalue weighted by atomic mass is 9.93. The van der Waals surface area contributed by atoms with Crippen molar-refractivity contribution in [3.8, 4) is 11.3 Å². The van der Waals surface area contributed by atoms with E-state index in [1.165, 1.54) is 46.2 Å². The molecular weight excluding hydrogens is 626 g/mol. The highest BCUT2D eigenvalue weighted by Gasteiger charge is 2.45. The molecule has 1 saturated heterocycles. The fourth-order valence-electron chi connectivity index (χ4n) is 4.54. The number of nitrogens with one attached hydrogen (secondary N) is 2. The quantitative estimate of drug-likeness (QED) is 0.207. The second-order valence-corrected chi connectivity index (χ2v) is 9.58. The van der Waals surface area contributed by atoms with E-state index in [-0.39, 0.29) is 35.9 Å². The van der Waals surface area contributed by atoms with Crippen molar-refractivity contribution in [2.75, 3.05) is 23.3 Å². The maximum atomic E-state index is 14.3. The number of pyridine rings is 1. The average molecular weight is 647 g/mol. The van der Waals surface area contributed by atoms with Crippen LogP contribution in [0.2, 0.25) is 0 Å². The topological polar surface area (TPSA) is 145 Å². The number of hydrogen-bond acceptors (Lipinski definition) is 7. The molecule has 4 heterocycles. The van der Waals surface area contributed by atoms with Gasteiger partial charge in [-0.05, 0) is 36.8 Å². The van der Waals surface area contributed by atoms with Gasteiger partial charge in [0.15, 0.2) is 0 Å². The molecule has 4 N–H and O–H groups in total. The van der Waals surface area contributed by atoms with Crippen molar-refractivity contribution in [3.63, 3.8) is 0 Å². The molecule has 2 unspecified atom stereocenters. The minimum atomic E-state index is -5.08. The maximum Gasteiger partial charge on any atom is 0.490 e. The van der Waals surface area contributed by atoms with Crippen LogP contribution in [0, 0.1) is 17.6 Å². The molecule has 2 atom stereocenters. The lowest BCUT2D eigenvalue weighted by molar-refractivity contribution is -0.192. The van der Waals surface area contributed by atoms with Gasteiger partial charge in [-0.3, -0.25) is 4.98 Å². The molecule has 0 bridgehead atoms. The average Bonchev–Trinajstić information content (AvgIpc) is 3.34. The number of carbonyl (C=O) groups is 2. The van der Waals surface area contributed by atoms with Gasteiger partial charge in [-0.2, -0.15) is 36.0 Å². The molecule has 0 aliphatic carbocycles. The molecule has 1 aliphatic rings. The molecule has 1 aliphatic heterocycles. The van der Waals surface area contributed by atoms with Crippen molar-refractivity contribution < 1.29 is 54.9 Å². The summed E-state index contributed by atoms with van der Waals surface area (Å²) in [6.07, 6.45) is -7.17. The fourth-order valence-corrected chi connectivity index (χ4v) is 4.54. The third-order valence-electron chi connectivity index (χ3n) is 6.47. The van der Waals surface area contributed by atoms with Crippen molar-refractivity contribution in [3.05, 3.63) is 66.6 Å². The molecule has 11 nitrogen and oxygen atoms in total. The van der Waals surface area contributed by atoms with E-state index in [9.17, 15) is 39.9 Å². The third kappa shape index (κ3) is 7.84. The van der Waals surface area contributed by atoms with E-state index in [0.717, 1.165) is 12.1 Å². The zero-order chi connectivity index (χ0) is 33.1. The number of halogens is 8. The summed E-state index contributed by atoms with van der Waals surface area (Å²) in [5.74, 6) is -5.99. The predicted octanol–water partition coefficient (Wildman–Crippen LogP) is 5.47. The van der Waals surface area contributed by atoms with Crippen LogP contribution in [0.1, 0.15) is 6.42 Å². The standard InChI is InChI=1S/C24H20F5N7O2.C2HF3O2/c25-16-2-1-3-17(26)21(16)18-5-4-15-9-31-22(36(15)34-18)33-19-10-30-7-6-20(19)35-11-13(24(27,28)29)8-14(12-35)32-23(37)38;3-2(4,5)1(6)7/h1-7,9-10,13-14,32H,8,11-12H2,(H,31,33)(H,37,38);(H,6,7). The zero-order valence-corrected chi connectivity index (χ0v) is 22.4. The second-order valence-electron chi connectivity index (χ2n) is 9.58. The highest BCUT2D eigenvalue weighted by atomic mass is 19.4. The highest BCUT2D eigenvalue weighted by molar-refractivity contribution is 5.74. The Morgan fingerprint density at radius 1 is 0.933 bits per heavy atom. The van der Waals surface area contributed by atoms with Crippen molar-refractivity contribution in [2.24, 2.45) is 5.92 Å². The van der Waals surface area contributed by atoms with Crippen LogP contribution in [0.3, 0.4) is 0 Å². The normalized spacial score (nSPS) is 16.9. The minimum absolute atomic E-state index is 0.00510. The number of fused-ring (bicyclic) bond motifs is 1. The van der Waals surface area contributed by atoms with E-state index in [2.05, 4.69) is 25.7 Å². The van der Waals surface area contributed by atoms with Crippen LogP contribution < -0.4 is 15.5 Å². The summed E-state index contributed by atoms with van der Waals surface area (Å²) in [4.78, 5) is 29.8. The molecule has 19 heteroatoms. The Hall–Kier alpha value is -5.23. The predicted molar refractivity (Wildman–Crippen MR) is 141 cm³/mol. The van der Waals surface area contributed by atoms with Gasteiger partial charge in [0, 0.05) is 19.3 Å². The summed E-state index contributed by atoms with van der Waals surface area (Å²) in [7, 11) is 0. The first-order valence-corrected chi connectivity index (χ1v) is 12.7. The van der Waals surface area contributed by atoms with Gasteiger partial charge in [0.1, 0.15) is 11.6 Å². The molecule has 1 fully saturated rings. The minimum Gasteiger partial charge on any atom is -0.475 e. The number of rotatable bonds is 5. The molecule has 1 aromatic carbocycles. The number of benzene rings is 1. The number of imidazole rings is 1. The first kappa shape index (κ1) is 32.7. The number of aromatic nitrogens is 4. The number of piperidine rings is 1. The van der Waals surface area contributed by atoms with Crippen LogP contribution in [-0.4, -0.2) is 73.3 Å². The van der Waals surface area contributed by atoms with Gasteiger partial charge in [-0.25, -0.2) is 23.4 Å². The number of alkyl halides is 6. The Morgan fingerprint density at radius 2 is 1.60 bits per heavy atom. The molecule has 45 heavy (non-hydrogen) atoms. The van der Waals surface area contributed by atoms with Gasteiger partial charge in [-0.1, -0.05) is 6.07 Å². The number of nitrogens with zero attached hydrogens (tertiary/aromatic N) is 5. The van der Waals surface area contributed by atoms with Gasteiger partial charge < -0.3 is 25.7 Å². The Balaban J connectivity index is 0.000000591. The molecular formula is C26H21F8N7O4. The first-order valence-electron chi connectivity index (χ1n) is 12.7.